The van der Waals surface area contributed by atoms with Crippen molar-refractivity contribution < 1.29 is 9.15 Å². The fraction of sp³-hybridized carbons (Fsp3) is 0.667. The first kappa shape index (κ1) is 16.9. The maximum absolute atomic E-state index is 5.79. The summed E-state index contributed by atoms with van der Waals surface area (Å²) in [7, 11) is 0. The highest BCUT2D eigenvalue weighted by Gasteiger charge is 2.30. The smallest absolute Gasteiger partial charge is 0.230 e. The molecule has 2 aromatic heterocycles. The Morgan fingerprint density at radius 3 is 2.85 bits per heavy atom. The van der Waals surface area contributed by atoms with Crippen LogP contribution in [0.5, 0.6) is 0 Å². The van der Waals surface area contributed by atoms with Crippen molar-refractivity contribution in [2.75, 3.05) is 49.6 Å². The van der Waals surface area contributed by atoms with Crippen molar-refractivity contribution in [3.8, 4) is 0 Å². The lowest BCUT2D eigenvalue weighted by atomic mass is 10.2. The lowest BCUT2D eigenvalue weighted by Gasteiger charge is -2.27. The van der Waals surface area contributed by atoms with E-state index in [1.807, 2.05) is 12.3 Å². The molecule has 9 nitrogen and oxygen atoms in total. The molecule has 1 aliphatic carbocycles. The van der Waals surface area contributed by atoms with Crippen molar-refractivity contribution in [3.05, 3.63) is 24.0 Å². The Balaban J connectivity index is 1.16. The van der Waals surface area contributed by atoms with Gasteiger partial charge in [-0.05, 0) is 25.3 Å². The Labute approximate surface area is 158 Å². The first-order valence-corrected chi connectivity index (χ1v) is 9.80. The lowest BCUT2D eigenvalue weighted by Crippen LogP contribution is -2.37. The van der Waals surface area contributed by atoms with Gasteiger partial charge in [0.15, 0.2) is 0 Å². The van der Waals surface area contributed by atoms with Gasteiger partial charge in [0.05, 0.1) is 19.8 Å². The van der Waals surface area contributed by atoms with Gasteiger partial charge in [-0.25, -0.2) is 4.98 Å². The summed E-state index contributed by atoms with van der Waals surface area (Å²) in [5.41, 5.74) is 0. The van der Waals surface area contributed by atoms with E-state index in [2.05, 4.69) is 35.3 Å². The zero-order valence-electron chi connectivity index (χ0n) is 15.4. The molecular formula is C18H25N7O2. The van der Waals surface area contributed by atoms with Crippen LogP contribution >= 0.6 is 0 Å². The highest BCUT2D eigenvalue weighted by atomic mass is 16.5. The number of likely N-dealkylation sites (tertiary alicyclic amines) is 1. The third-order valence-electron chi connectivity index (χ3n) is 5.33. The highest BCUT2D eigenvalue weighted by molar-refractivity contribution is 5.42. The fourth-order valence-corrected chi connectivity index (χ4v) is 3.66. The van der Waals surface area contributed by atoms with Crippen LogP contribution in [0.2, 0.25) is 0 Å². The zero-order chi connectivity index (χ0) is 18.1. The first-order valence-electron chi connectivity index (χ1n) is 9.80. The highest BCUT2D eigenvalue weighted by Crippen LogP contribution is 2.39. The molecule has 1 saturated carbocycles. The monoisotopic (exact) mass is 371 g/mol. The number of ether oxygens (including phenoxy) is 1. The fourth-order valence-electron chi connectivity index (χ4n) is 3.66. The summed E-state index contributed by atoms with van der Waals surface area (Å²) in [6.07, 6.45) is 5.26. The number of nitrogens with one attached hydrogen (secondary N) is 1. The summed E-state index contributed by atoms with van der Waals surface area (Å²) in [4.78, 5) is 13.6. The summed E-state index contributed by atoms with van der Waals surface area (Å²) in [5.74, 6) is 3.71. The van der Waals surface area contributed by atoms with Gasteiger partial charge in [-0.15, -0.1) is 10.2 Å². The van der Waals surface area contributed by atoms with Crippen LogP contribution in [0.4, 0.5) is 11.8 Å². The van der Waals surface area contributed by atoms with Crippen LogP contribution in [-0.4, -0.2) is 70.5 Å². The number of anilines is 2. The number of morpholine rings is 1. The third-order valence-corrected chi connectivity index (χ3v) is 5.33. The topological polar surface area (TPSA) is 92.4 Å². The van der Waals surface area contributed by atoms with Gasteiger partial charge >= 0.3 is 0 Å². The average Bonchev–Trinajstić information content (AvgIpc) is 3.31. The summed E-state index contributed by atoms with van der Waals surface area (Å²) in [6, 6.07) is 2.30. The molecule has 0 aromatic carbocycles. The number of hydrogen-bond acceptors (Lipinski definition) is 9. The number of hydrogen-bond donors (Lipinski definition) is 1. The van der Waals surface area contributed by atoms with E-state index in [0.29, 0.717) is 12.0 Å². The standard InChI is InChI=1S/C18H25N7O2/c1-2-13(1)17-23-22-16(27-17)12-24-6-4-14(11-24)20-15-3-5-19-18(21-15)25-7-9-26-10-8-25/h3,5,13-14H,1-2,4,6-12H2,(H,19,20,21). The van der Waals surface area contributed by atoms with Crippen LogP contribution in [0, 0.1) is 0 Å². The number of aromatic nitrogens is 4. The summed E-state index contributed by atoms with van der Waals surface area (Å²) in [6.45, 7) is 5.83. The van der Waals surface area contributed by atoms with Gasteiger partial charge in [-0.2, -0.15) is 4.98 Å². The first-order chi connectivity index (χ1) is 13.3. The van der Waals surface area contributed by atoms with Gasteiger partial charge in [0.1, 0.15) is 5.82 Å². The Bertz CT molecular complexity index is 773. The van der Waals surface area contributed by atoms with Gasteiger partial charge < -0.3 is 19.4 Å². The lowest BCUT2D eigenvalue weighted by molar-refractivity contribution is 0.122. The van der Waals surface area contributed by atoms with Crippen molar-refractivity contribution in [1.82, 2.24) is 25.1 Å². The summed E-state index contributed by atoms with van der Waals surface area (Å²) in [5, 5.41) is 11.9. The second-order valence-electron chi connectivity index (χ2n) is 7.51. The molecule has 144 valence electrons. The second kappa shape index (κ2) is 7.40. The largest absolute Gasteiger partial charge is 0.424 e. The molecule has 0 amide bonds. The predicted molar refractivity (Wildman–Crippen MR) is 98.6 cm³/mol. The van der Waals surface area contributed by atoms with E-state index < -0.39 is 0 Å². The Hall–Kier alpha value is -2.26. The van der Waals surface area contributed by atoms with Crippen LogP contribution in [0.3, 0.4) is 0 Å². The molecule has 1 unspecified atom stereocenters. The number of nitrogens with zero attached hydrogens (tertiary/aromatic N) is 6. The van der Waals surface area contributed by atoms with Crippen LogP contribution in [-0.2, 0) is 11.3 Å². The molecule has 0 bridgehead atoms. The molecule has 3 aliphatic rings. The van der Waals surface area contributed by atoms with Gasteiger partial charge in [-0.1, -0.05) is 0 Å². The SMILES string of the molecule is c1cc(NC2CCN(Cc3nnc(C4CC4)o3)C2)nc(N2CCOCC2)n1. The van der Waals surface area contributed by atoms with Gasteiger partial charge in [0.25, 0.3) is 0 Å². The maximum Gasteiger partial charge on any atom is 0.230 e. The van der Waals surface area contributed by atoms with Crippen LogP contribution in [0.1, 0.15) is 37.0 Å². The average molecular weight is 371 g/mol. The van der Waals surface area contributed by atoms with Crippen LogP contribution in [0.15, 0.2) is 16.7 Å². The van der Waals surface area contributed by atoms with E-state index >= 15 is 0 Å². The van der Waals surface area contributed by atoms with E-state index in [1.165, 1.54) is 12.8 Å². The Morgan fingerprint density at radius 2 is 2.00 bits per heavy atom. The van der Waals surface area contributed by atoms with Gasteiger partial charge in [0.2, 0.25) is 17.7 Å². The molecule has 2 aromatic rings. The predicted octanol–water partition coefficient (Wildman–Crippen LogP) is 1.26. The molecule has 1 atom stereocenters. The molecule has 27 heavy (non-hydrogen) atoms. The molecule has 0 radical (unpaired) electrons. The molecule has 9 heteroatoms. The van der Waals surface area contributed by atoms with Crippen molar-refractivity contribution in [1.29, 1.82) is 0 Å². The van der Waals surface area contributed by atoms with Crippen molar-refractivity contribution in [2.24, 2.45) is 0 Å². The Morgan fingerprint density at radius 1 is 1.11 bits per heavy atom. The normalized spacial score (nSPS) is 23.7. The molecule has 1 N–H and O–H groups in total. The minimum Gasteiger partial charge on any atom is -0.424 e. The van der Waals surface area contributed by atoms with Crippen molar-refractivity contribution >= 4 is 11.8 Å². The summed E-state index contributed by atoms with van der Waals surface area (Å²) >= 11 is 0. The maximum atomic E-state index is 5.79. The zero-order valence-corrected chi connectivity index (χ0v) is 15.4. The van der Waals surface area contributed by atoms with Crippen molar-refractivity contribution in [3.63, 3.8) is 0 Å². The van der Waals surface area contributed by atoms with E-state index in [9.17, 15) is 0 Å². The minimum atomic E-state index is 0.364. The quantitative estimate of drug-likeness (QED) is 0.805. The van der Waals surface area contributed by atoms with E-state index in [4.69, 9.17) is 9.15 Å². The molecule has 5 rings (SSSR count). The molecule has 2 aliphatic heterocycles. The second-order valence-corrected chi connectivity index (χ2v) is 7.51. The Kier molecular flexibility index (Phi) is 4.62. The van der Waals surface area contributed by atoms with Gasteiger partial charge in [-0.3, -0.25) is 4.90 Å². The van der Waals surface area contributed by atoms with Crippen molar-refractivity contribution in [2.45, 2.75) is 37.8 Å². The van der Waals surface area contributed by atoms with E-state index in [0.717, 1.165) is 75.9 Å². The molecule has 3 fully saturated rings. The number of rotatable bonds is 6. The third kappa shape index (κ3) is 4.03. The minimum absolute atomic E-state index is 0.364. The molecular weight excluding hydrogens is 346 g/mol. The van der Waals surface area contributed by atoms with Gasteiger partial charge in [0, 0.05) is 44.3 Å². The van der Waals surface area contributed by atoms with E-state index in [1.54, 1.807) is 0 Å². The summed E-state index contributed by atoms with van der Waals surface area (Å²) < 4.78 is 11.2. The van der Waals surface area contributed by atoms with Crippen LogP contribution < -0.4 is 10.2 Å². The molecule has 4 heterocycles. The van der Waals surface area contributed by atoms with Crippen LogP contribution in [0.25, 0.3) is 0 Å². The molecule has 2 saturated heterocycles. The molecule has 0 spiro atoms. The van der Waals surface area contributed by atoms with E-state index in [-0.39, 0.29) is 0 Å².